The zero-order valence-corrected chi connectivity index (χ0v) is 11.2. The lowest BCUT2D eigenvalue weighted by Gasteiger charge is -2.19. The maximum Gasteiger partial charge on any atom is 0.221 e. The van der Waals surface area contributed by atoms with Crippen LogP contribution in [0.3, 0.4) is 0 Å². The van der Waals surface area contributed by atoms with E-state index in [0.717, 1.165) is 19.5 Å². The van der Waals surface area contributed by atoms with Crippen LogP contribution < -0.4 is 16.0 Å². The molecule has 0 heterocycles. The zero-order chi connectivity index (χ0) is 13.4. The molecule has 1 aromatic carbocycles. The predicted octanol–water partition coefficient (Wildman–Crippen LogP) is 1.22. The molecule has 18 heavy (non-hydrogen) atoms. The van der Waals surface area contributed by atoms with Gasteiger partial charge >= 0.3 is 0 Å². The first-order valence-corrected chi connectivity index (χ1v) is 6.37. The Morgan fingerprint density at radius 1 is 1.39 bits per heavy atom. The quantitative estimate of drug-likeness (QED) is 0.681. The number of benzene rings is 1. The van der Waals surface area contributed by atoms with E-state index in [4.69, 9.17) is 5.73 Å². The highest BCUT2D eigenvalue weighted by atomic mass is 16.1. The van der Waals surface area contributed by atoms with Crippen molar-refractivity contribution in [3.63, 3.8) is 0 Å². The highest BCUT2D eigenvalue weighted by molar-refractivity contribution is 5.76. The molecule has 0 saturated carbocycles. The Morgan fingerprint density at radius 2 is 2.06 bits per heavy atom. The van der Waals surface area contributed by atoms with Crippen molar-refractivity contribution in [3.8, 4) is 0 Å². The summed E-state index contributed by atoms with van der Waals surface area (Å²) in [4.78, 5) is 13.1. The van der Waals surface area contributed by atoms with Crippen molar-refractivity contribution in [1.29, 1.82) is 0 Å². The van der Waals surface area contributed by atoms with Crippen LogP contribution in [0.2, 0.25) is 0 Å². The van der Waals surface area contributed by atoms with Crippen LogP contribution in [0.15, 0.2) is 30.3 Å². The monoisotopic (exact) mass is 249 g/mol. The number of hydrogen-bond donors (Lipinski definition) is 2. The molecular weight excluding hydrogens is 226 g/mol. The minimum absolute atomic E-state index is 0.100. The maximum absolute atomic E-state index is 10.8. The molecule has 0 spiro atoms. The van der Waals surface area contributed by atoms with Crippen LogP contribution in [-0.2, 0) is 4.79 Å². The number of amides is 1. The van der Waals surface area contributed by atoms with Crippen LogP contribution in [0.1, 0.15) is 13.3 Å². The van der Waals surface area contributed by atoms with Gasteiger partial charge in [-0.1, -0.05) is 25.1 Å². The Kier molecular flexibility index (Phi) is 6.22. The SMILES string of the molecule is CC(CNCCCN(C)c1ccccc1)C(N)=O. The molecule has 0 aliphatic carbocycles. The fourth-order valence-electron chi connectivity index (χ4n) is 1.67. The van der Waals surface area contributed by atoms with Gasteiger partial charge in [0.05, 0.1) is 0 Å². The summed E-state index contributed by atoms with van der Waals surface area (Å²) in [6.07, 6.45) is 1.04. The number of nitrogens with one attached hydrogen (secondary N) is 1. The lowest BCUT2D eigenvalue weighted by Crippen LogP contribution is -2.32. The number of hydrogen-bond acceptors (Lipinski definition) is 3. The summed E-state index contributed by atoms with van der Waals surface area (Å²) in [5, 5.41) is 3.25. The molecule has 4 heteroatoms. The van der Waals surface area contributed by atoms with Gasteiger partial charge in [-0.05, 0) is 25.1 Å². The van der Waals surface area contributed by atoms with Crippen molar-refractivity contribution in [1.82, 2.24) is 5.32 Å². The minimum atomic E-state index is -0.246. The summed E-state index contributed by atoms with van der Waals surface area (Å²) in [5.74, 6) is -0.347. The molecule has 0 fully saturated rings. The van der Waals surface area contributed by atoms with E-state index < -0.39 is 0 Å². The molecular formula is C14H23N3O. The van der Waals surface area contributed by atoms with E-state index in [1.807, 2.05) is 25.1 Å². The highest BCUT2D eigenvalue weighted by Crippen LogP contribution is 2.10. The minimum Gasteiger partial charge on any atom is -0.375 e. The average molecular weight is 249 g/mol. The van der Waals surface area contributed by atoms with E-state index in [2.05, 4.69) is 29.4 Å². The summed E-state index contributed by atoms with van der Waals surface area (Å²) in [5.41, 5.74) is 6.41. The topological polar surface area (TPSA) is 58.4 Å². The zero-order valence-electron chi connectivity index (χ0n) is 11.2. The molecule has 0 radical (unpaired) electrons. The van der Waals surface area contributed by atoms with Gasteiger partial charge in [0, 0.05) is 31.7 Å². The fraction of sp³-hybridized carbons (Fsp3) is 0.500. The Labute approximate surface area is 109 Å². The number of carbonyl (C=O) groups excluding carboxylic acids is 1. The van der Waals surface area contributed by atoms with E-state index in [0.29, 0.717) is 6.54 Å². The Balaban J connectivity index is 2.13. The smallest absolute Gasteiger partial charge is 0.221 e. The molecule has 0 bridgehead atoms. The Hall–Kier alpha value is -1.55. The number of nitrogens with zero attached hydrogens (tertiary/aromatic N) is 1. The van der Waals surface area contributed by atoms with Gasteiger partial charge in [0.15, 0.2) is 0 Å². The molecule has 3 N–H and O–H groups in total. The fourth-order valence-corrected chi connectivity index (χ4v) is 1.67. The largest absolute Gasteiger partial charge is 0.375 e. The molecule has 0 aromatic heterocycles. The molecule has 0 saturated heterocycles. The molecule has 1 amide bonds. The van der Waals surface area contributed by atoms with Crippen molar-refractivity contribution >= 4 is 11.6 Å². The van der Waals surface area contributed by atoms with Gasteiger partial charge in [-0.15, -0.1) is 0 Å². The Morgan fingerprint density at radius 3 is 2.67 bits per heavy atom. The first kappa shape index (κ1) is 14.5. The molecule has 0 aliphatic heterocycles. The molecule has 1 atom stereocenters. The van der Waals surface area contributed by atoms with Crippen LogP contribution in [-0.4, -0.2) is 32.6 Å². The summed E-state index contributed by atoms with van der Waals surface area (Å²) in [6.45, 7) is 4.38. The van der Waals surface area contributed by atoms with Crippen molar-refractivity contribution in [2.24, 2.45) is 11.7 Å². The van der Waals surface area contributed by atoms with Gasteiger partial charge in [-0.2, -0.15) is 0 Å². The van der Waals surface area contributed by atoms with Gasteiger partial charge in [0.25, 0.3) is 0 Å². The number of para-hydroxylation sites is 1. The molecule has 1 aromatic rings. The third kappa shape index (κ3) is 5.19. The number of nitrogens with two attached hydrogens (primary N) is 1. The number of primary amides is 1. The van der Waals surface area contributed by atoms with Crippen LogP contribution >= 0.6 is 0 Å². The van der Waals surface area contributed by atoms with E-state index in [9.17, 15) is 4.79 Å². The summed E-state index contributed by atoms with van der Waals surface area (Å²) < 4.78 is 0. The molecule has 4 nitrogen and oxygen atoms in total. The van der Waals surface area contributed by atoms with E-state index in [1.54, 1.807) is 0 Å². The van der Waals surface area contributed by atoms with Crippen LogP contribution in [0.5, 0.6) is 0 Å². The number of carbonyl (C=O) groups is 1. The van der Waals surface area contributed by atoms with Gasteiger partial charge in [-0.25, -0.2) is 0 Å². The second-order valence-electron chi connectivity index (χ2n) is 4.62. The molecule has 1 unspecified atom stereocenters. The summed E-state index contributed by atoms with van der Waals surface area (Å²) in [7, 11) is 2.08. The second-order valence-corrected chi connectivity index (χ2v) is 4.62. The van der Waals surface area contributed by atoms with Crippen LogP contribution in [0.25, 0.3) is 0 Å². The number of rotatable bonds is 8. The Bertz CT molecular complexity index is 353. The van der Waals surface area contributed by atoms with E-state index in [1.165, 1.54) is 5.69 Å². The van der Waals surface area contributed by atoms with E-state index >= 15 is 0 Å². The molecule has 1 rings (SSSR count). The highest BCUT2D eigenvalue weighted by Gasteiger charge is 2.07. The lowest BCUT2D eigenvalue weighted by atomic mass is 10.2. The normalized spacial score (nSPS) is 12.1. The maximum atomic E-state index is 10.8. The van der Waals surface area contributed by atoms with Crippen molar-refractivity contribution in [3.05, 3.63) is 30.3 Å². The van der Waals surface area contributed by atoms with Crippen LogP contribution in [0.4, 0.5) is 5.69 Å². The predicted molar refractivity (Wildman–Crippen MR) is 75.6 cm³/mol. The number of anilines is 1. The van der Waals surface area contributed by atoms with Crippen molar-refractivity contribution in [2.75, 3.05) is 31.6 Å². The first-order chi connectivity index (χ1) is 8.61. The average Bonchev–Trinajstić information content (AvgIpc) is 2.38. The van der Waals surface area contributed by atoms with Gasteiger partial charge in [0.1, 0.15) is 0 Å². The van der Waals surface area contributed by atoms with Crippen molar-refractivity contribution in [2.45, 2.75) is 13.3 Å². The first-order valence-electron chi connectivity index (χ1n) is 6.37. The van der Waals surface area contributed by atoms with Gasteiger partial charge < -0.3 is 16.0 Å². The standard InChI is InChI=1S/C14H23N3O/c1-12(14(15)18)11-16-9-6-10-17(2)13-7-4-3-5-8-13/h3-5,7-8,12,16H,6,9-11H2,1-2H3,(H2,15,18). The van der Waals surface area contributed by atoms with Gasteiger partial charge in [-0.3, -0.25) is 4.79 Å². The third-order valence-electron chi connectivity index (χ3n) is 2.98. The van der Waals surface area contributed by atoms with Crippen molar-refractivity contribution < 1.29 is 4.79 Å². The van der Waals surface area contributed by atoms with E-state index in [-0.39, 0.29) is 11.8 Å². The lowest BCUT2D eigenvalue weighted by molar-refractivity contribution is -0.121. The van der Waals surface area contributed by atoms with Gasteiger partial charge in [0.2, 0.25) is 5.91 Å². The molecule has 0 aliphatic rings. The summed E-state index contributed by atoms with van der Waals surface area (Å²) in [6, 6.07) is 10.3. The van der Waals surface area contributed by atoms with Crippen LogP contribution in [0, 0.1) is 5.92 Å². The third-order valence-corrected chi connectivity index (χ3v) is 2.98. The molecule has 100 valence electrons. The second kappa shape index (κ2) is 7.71. The summed E-state index contributed by atoms with van der Waals surface area (Å²) >= 11 is 0.